The molecular formula is C12H24N2S. The van der Waals surface area contributed by atoms with Crippen molar-refractivity contribution in [1.29, 1.82) is 0 Å². The predicted molar refractivity (Wildman–Crippen MR) is 70.0 cm³/mol. The van der Waals surface area contributed by atoms with Crippen molar-refractivity contribution in [2.45, 2.75) is 65.5 Å². The summed E-state index contributed by atoms with van der Waals surface area (Å²) in [7, 11) is 0. The molecule has 0 amide bonds. The molecular weight excluding hydrogens is 204 g/mol. The van der Waals surface area contributed by atoms with Gasteiger partial charge in [0.25, 0.3) is 0 Å². The first-order valence-corrected chi connectivity index (χ1v) is 6.17. The molecule has 0 heterocycles. The average Bonchev–Trinajstić information content (AvgIpc) is 2.61. The highest BCUT2D eigenvalue weighted by Gasteiger charge is 2.28. The fourth-order valence-electron chi connectivity index (χ4n) is 2.13. The summed E-state index contributed by atoms with van der Waals surface area (Å²) in [6, 6.07) is 0.635. The molecule has 0 aromatic carbocycles. The fraction of sp³-hybridized carbons (Fsp3) is 0.917. The first kappa shape index (κ1) is 12.8. The average molecular weight is 228 g/mol. The summed E-state index contributed by atoms with van der Waals surface area (Å²) in [4.78, 5) is 0. The SMILES string of the molecule is CC(C)(C)CC(C)(C)NC(=S)NC1CC1. The molecule has 1 saturated carbocycles. The summed E-state index contributed by atoms with van der Waals surface area (Å²) in [5.74, 6) is 0. The molecule has 0 radical (unpaired) electrons. The van der Waals surface area contributed by atoms with Crippen molar-refractivity contribution in [2.24, 2.45) is 5.41 Å². The Bertz CT molecular complexity index is 236. The Morgan fingerprint density at radius 3 is 2.13 bits per heavy atom. The lowest BCUT2D eigenvalue weighted by Crippen LogP contribution is -2.50. The lowest BCUT2D eigenvalue weighted by Gasteiger charge is -2.34. The van der Waals surface area contributed by atoms with Crippen LogP contribution in [-0.2, 0) is 0 Å². The lowest BCUT2D eigenvalue weighted by atomic mass is 9.82. The molecule has 2 nitrogen and oxygen atoms in total. The van der Waals surface area contributed by atoms with E-state index in [-0.39, 0.29) is 5.54 Å². The van der Waals surface area contributed by atoms with Crippen molar-refractivity contribution in [3.8, 4) is 0 Å². The molecule has 1 rings (SSSR count). The van der Waals surface area contributed by atoms with E-state index in [9.17, 15) is 0 Å². The Balaban J connectivity index is 2.36. The number of rotatable bonds is 3. The van der Waals surface area contributed by atoms with Crippen molar-refractivity contribution in [3.05, 3.63) is 0 Å². The maximum Gasteiger partial charge on any atom is 0.166 e. The van der Waals surface area contributed by atoms with Gasteiger partial charge in [0, 0.05) is 11.6 Å². The third-order valence-electron chi connectivity index (χ3n) is 2.34. The van der Waals surface area contributed by atoms with Crippen LogP contribution in [0.2, 0.25) is 0 Å². The second-order valence-electron chi connectivity index (χ2n) is 6.49. The van der Waals surface area contributed by atoms with Crippen LogP contribution in [0.1, 0.15) is 53.9 Å². The molecule has 0 aromatic heterocycles. The summed E-state index contributed by atoms with van der Waals surface area (Å²) in [5, 5.41) is 7.53. The van der Waals surface area contributed by atoms with Crippen LogP contribution in [0.3, 0.4) is 0 Å². The number of hydrogen-bond donors (Lipinski definition) is 2. The van der Waals surface area contributed by atoms with Gasteiger partial charge in [0.2, 0.25) is 0 Å². The Morgan fingerprint density at radius 2 is 1.73 bits per heavy atom. The van der Waals surface area contributed by atoms with Crippen LogP contribution in [0.25, 0.3) is 0 Å². The van der Waals surface area contributed by atoms with Crippen LogP contribution in [0.15, 0.2) is 0 Å². The minimum Gasteiger partial charge on any atom is -0.360 e. The van der Waals surface area contributed by atoms with Crippen LogP contribution < -0.4 is 10.6 Å². The highest BCUT2D eigenvalue weighted by molar-refractivity contribution is 7.80. The molecule has 0 saturated heterocycles. The molecule has 3 heteroatoms. The first-order chi connectivity index (χ1) is 6.68. The third-order valence-corrected chi connectivity index (χ3v) is 2.56. The number of nitrogens with one attached hydrogen (secondary N) is 2. The Labute approximate surface area is 99.2 Å². The zero-order chi connectivity index (χ0) is 11.7. The van der Waals surface area contributed by atoms with Crippen LogP contribution >= 0.6 is 12.2 Å². The highest BCUT2D eigenvalue weighted by atomic mass is 32.1. The molecule has 1 aliphatic rings. The normalized spacial score (nSPS) is 17.4. The molecule has 0 aromatic rings. The topological polar surface area (TPSA) is 24.1 Å². The molecule has 0 aliphatic heterocycles. The maximum atomic E-state index is 5.29. The van der Waals surface area contributed by atoms with Gasteiger partial charge < -0.3 is 10.6 Å². The van der Waals surface area contributed by atoms with Gasteiger partial charge in [-0.2, -0.15) is 0 Å². The second-order valence-corrected chi connectivity index (χ2v) is 6.90. The van der Waals surface area contributed by atoms with E-state index in [2.05, 4.69) is 45.3 Å². The van der Waals surface area contributed by atoms with Crippen LogP contribution in [-0.4, -0.2) is 16.7 Å². The van der Waals surface area contributed by atoms with Crippen molar-refractivity contribution in [2.75, 3.05) is 0 Å². The van der Waals surface area contributed by atoms with Crippen molar-refractivity contribution >= 4 is 17.3 Å². The number of thiocarbonyl (C=S) groups is 1. The molecule has 1 aliphatic carbocycles. The fourth-order valence-corrected chi connectivity index (χ4v) is 2.57. The quantitative estimate of drug-likeness (QED) is 0.726. The Morgan fingerprint density at radius 1 is 1.20 bits per heavy atom. The number of hydrogen-bond acceptors (Lipinski definition) is 1. The zero-order valence-electron chi connectivity index (χ0n) is 10.6. The minimum absolute atomic E-state index is 0.0667. The van der Waals surface area contributed by atoms with Crippen molar-refractivity contribution in [3.63, 3.8) is 0 Å². The summed E-state index contributed by atoms with van der Waals surface area (Å²) in [6.07, 6.45) is 3.63. The monoisotopic (exact) mass is 228 g/mol. The summed E-state index contributed by atoms with van der Waals surface area (Å²) in [5.41, 5.74) is 0.392. The Kier molecular flexibility index (Phi) is 3.64. The van der Waals surface area contributed by atoms with Gasteiger partial charge in [0.05, 0.1) is 0 Å². The van der Waals surface area contributed by atoms with Crippen LogP contribution in [0, 0.1) is 5.41 Å². The molecule has 0 unspecified atom stereocenters. The summed E-state index contributed by atoms with van der Waals surface area (Å²) < 4.78 is 0. The van der Waals surface area contributed by atoms with Gasteiger partial charge in [0.1, 0.15) is 0 Å². The molecule has 2 N–H and O–H groups in total. The standard InChI is InChI=1S/C12H24N2S/c1-11(2,3)8-12(4,5)14-10(15)13-9-6-7-9/h9H,6-8H2,1-5H3,(H2,13,14,15). The molecule has 0 bridgehead atoms. The van der Waals surface area contributed by atoms with E-state index < -0.39 is 0 Å². The molecule has 88 valence electrons. The van der Waals surface area contributed by atoms with Gasteiger partial charge in [-0.3, -0.25) is 0 Å². The third kappa shape index (κ3) is 5.98. The van der Waals surface area contributed by atoms with E-state index >= 15 is 0 Å². The van der Waals surface area contributed by atoms with Gasteiger partial charge >= 0.3 is 0 Å². The molecule has 0 atom stereocenters. The van der Waals surface area contributed by atoms with E-state index in [1.165, 1.54) is 12.8 Å². The molecule has 1 fully saturated rings. The van der Waals surface area contributed by atoms with E-state index in [1.54, 1.807) is 0 Å². The predicted octanol–water partition coefficient (Wildman–Crippen LogP) is 2.83. The second kappa shape index (κ2) is 4.28. The van der Waals surface area contributed by atoms with E-state index in [0.717, 1.165) is 11.5 Å². The molecule has 0 spiro atoms. The van der Waals surface area contributed by atoms with Gasteiger partial charge in [-0.05, 0) is 50.7 Å². The van der Waals surface area contributed by atoms with E-state index in [0.29, 0.717) is 11.5 Å². The highest BCUT2D eigenvalue weighted by Crippen LogP contribution is 2.27. The molecule has 15 heavy (non-hydrogen) atoms. The summed E-state index contributed by atoms with van der Waals surface area (Å²) in [6.45, 7) is 11.2. The van der Waals surface area contributed by atoms with Crippen LogP contribution in [0.5, 0.6) is 0 Å². The van der Waals surface area contributed by atoms with Crippen LogP contribution in [0.4, 0.5) is 0 Å². The minimum atomic E-state index is 0.0667. The summed E-state index contributed by atoms with van der Waals surface area (Å²) >= 11 is 5.29. The maximum absolute atomic E-state index is 5.29. The van der Waals surface area contributed by atoms with E-state index in [4.69, 9.17) is 12.2 Å². The zero-order valence-corrected chi connectivity index (χ0v) is 11.4. The van der Waals surface area contributed by atoms with Gasteiger partial charge in [0.15, 0.2) is 5.11 Å². The Hall–Kier alpha value is -0.310. The van der Waals surface area contributed by atoms with Crippen molar-refractivity contribution < 1.29 is 0 Å². The van der Waals surface area contributed by atoms with Gasteiger partial charge in [-0.1, -0.05) is 20.8 Å². The largest absolute Gasteiger partial charge is 0.360 e. The van der Waals surface area contributed by atoms with Gasteiger partial charge in [-0.25, -0.2) is 0 Å². The smallest absolute Gasteiger partial charge is 0.166 e. The first-order valence-electron chi connectivity index (χ1n) is 5.77. The lowest BCUT2D eigenvalue weighted by molar-refractivity contribution is 0.266. The van der Waals surface area contributed by atoms with E-state index in [1.807, 2.05) is 0 Å². The van der Waals surface area contributed by atoms with Crippen molar-refractivity contribution in [1.82, 2.24) is 10.6 Å². The van der Waals surface area contributed by atoms with Gasteiger partial charge in [-0.15, -0.1) is 0 Å².